The molecule has 5 atom stereocenters. The Bertz CT molecular complexity index is 2780. The second-order valence-electron chi connectivity index (χ2n) is 13.7. The largest absolute Gasteiger partial charge is 0.508 e. The van der Waals surface area contributed by atoms with E-state index in [2.05, 4.69) is 5.43 Å². The van der Waals surface area contributed by atoms with Crippen LogP contribution in [0.5, 0.6) is 23.0 Å². The van der Waals surface area contributed by atoms with Crippen LogP contribution in [0.3, 0.4) is 0 Å². The van der Waals surface area contributed by atoms with Crippen LogP contribution in [0.2, 0.25) is 0 Å². The van der Waals surface area contributed by atoms with Gasteiger partial charge in [0.2, 0.25) is 0 Å². The molecule has 2 amide bonds. The summed E-state index contributed by atoms with van der Waals surface area (Å²) in [4.78, 5) is 34.2. The number of carbonyl (C=O) groups is 2. The first-order valence-corrected chi connectivity index (χ1v) is 17.4. The normalized spacial score (nSPS) is 21.5. The summed E-state index contributed by atoms with van der Waals surface area (Å²) in [5.41, 5.74) is 5.48. The number of pyridine rings is 1. The average molecular weight is 750 g/mol. The number of hydrogen-bond donors (Lipinski definition) is 7. The number of fused-ring (bicyclic) bond motifs is 11. The molecule has 2 aliphatic rings. The van der Waals surface area contributed by atoms with Crippen LogP contribution in [0, 0.1) is 0 Å². The van der Waals surface area contributed by atoms with Crippen LogP contribution >= 0.6 is 0 Å². The van der Waals surface area contributed by atoms with Gasteiger partial charge in [0, 0.05) is 52.2 Å². The fourth-order valence-corrected chi connectivity index (χ4v) is 8.26. The van der Waals surface area contributed by atoms with Gasteiger partial charge in [-0.2, -0.15) is 0 Å². The van der Waals surface area contributed by atoms with Crippen molar-refractivity contribution in [1.82, 2.24) is 24.6 Å². The van der Waals surface area contributed by atoms with Gasteiger partial charge in [0.15, 0.2) is 6.23 Å². The van der Waals surface area contributed by atoms with Crippen LogP contribution in [-0.4, -0.2) is 107 Å². The minimum absolute atomic E-state index is 0.0188. The van der Waals surface area contributed by atoms with E-state index in [4.69, 9.17) is 19.2 Å². The fraction of sp³-hybridized carbons (Fsp3) is 0.256. The number of phenols is 2. The summed E-state index contributed by atoms with van der Waals surface area (Å²) in [6.07, 6.45) is -7.90. The number of nitrogens with zero attached hydrogens (tertiary/aromatic N) is 4. The van der Waals surface area contributed by atoms with Crippen molar-refractivity contribution in [1.29, 1.82) is 0 Å². The van der Waals surface area contributed by atoms with E-state index in [1.807, 2.05) is 12.1 Å². The molecule has 16 nitrogen and oxygen atoms in total. The van der Waals surface area contributed by atoms with Crippen molar-refractivity contribution in [3.8, 4) is 23.0 Å². The molecule has 0 radical (unpaired) electrons. The first-order chi connectivity index (χ1) is 26.5. The molecule has 1 saturated heterocycles. The Morgan fingerprint density at radius 2 is 1.42 bits per heavy atom. The Morgan fingerprint density at radius 1 is 0.782 bits per heavy atom. The first-order valence-electron chi connectivity index (χ1n) is 17.4. The summed E-state index contributed by atoms with van der Waals surface area (Å²) >= 11 is 0. The van der Waals surface area contributed by atoms with E-state index in [0.717, 1.165) is 5.01 Å². The highest BCUT2D eigenvalue weighted by atomic mass is 16.6. The lowest BCUT2D eigenvalue weighted by Gasteiger charge is -2.41. The smallest absolute Gasteiger partial charge is 0.276 e. The number of nitrogens with one attached hydrogen (secondary N) is 1. The molecule has 4 aromatic carbocycles. The number of aromatic nitrogens is 3. The van der Waals surface area contributed by atoms with Gasteiger partial charge in [0.25, 0.3) is 11.8 Å². The molecule has 2 aliphatic heterocycles. The summed E-state index contributed by atoms with van der Waals surface area (Å²) in [5.74, 6) is -0.566. The number of aryl methyl sites for hydroxylation is 1. The number of aromatic hydroxyl groups is 2. The molecule has 55 heavy (non-hydrogen) atoms. The lowest BCUT2D eigenvalue weighted by Crippen LogP contribution is -2.56. The van der Waals surface area contributed by atoms with E-state index in [1.54, 1.807) is 35.9 Å². The number of imide groups is 1. The Hall–Kier alpha value is -6.01. The second kappa shape index (κ2) is 12.5. The molecule has 0 spiro atoms. The molecule has 9 rings (SSSR count). The molecule has 5 heterocycles. The highest BCUT2D eigenvalue weighted by Gasteiger charge is 2.47. The van der Waals surface area contributed by atoms with Gasteiger partial charge in [-0.15, -0.1) is 0 Å². The van der Waals surface area contributed by atoms with E-state index in [0.29, 0.717) is 55.3 Å². The van der Waals surface area contributed by atoms with Gasteiger partial charge in [-0.05, 0) is 36.4 Å². The third-order valence-electron chi connectivity index (χ3n) is 10.8. The first kappa shape index (κ1) is 34.7. The minimum atomic E-state index is -1.75. The van der Waals surface area contributed by atoms with Crippen molar-refractivity contribution < 1.29 is 54.4 Å². The SMILES string of the molecule is COc1cc(CNN2C(=O)c3c(c4c5ccc(O)cc5n(C5OC(CO)C(O)C(O)C5O)c4c4c3c3ccc(O)cc3n4C)C2=O)nc2c(OC)cccc12. The second-order valence-corrected chi connectivity index (χ2v) is 13.7. The third-order valence-corrected chi connectivity index (χ3v) is 10.8. The number of aliphatic hydroxyl groups is 4. The third kappa shape index (κ3) is 4.83. The van der Waals surface area contributed by atoms with Crippen molar-refractivity contribution in [3.05, 3.63) is 77.5 Å². The zero-order valence-corrected chi connectivity index (χ0v) is 29.6. The number of phenolic OH excluding ortho intramolecular Hbond substituents is 2. The van der Waals surface area contributed by atoms with Crippen molar-refractivity contribution in [2.75, 3.05) is 20.8 Å². The van der Waals surface area contributed by atoms with E-state index in [9.17, 15) is 40.2 Å². The van der Waals surface area contributed by atoms with Gasteiger partial charge in [-0.1, -0.05) is 6.07 Å². The maximum Gasteiger partial charge on any atom is 0.276 e. The summed E-state index contributed by atoms with van der Waals surface area (Å²) in [6, 6.07) is 16.1. The highest BCUT2D eigenvalue weighted by Crippen LogP contribution is 2.48. The van der Waals surface area contributed by atoms with Crippen molar-refractivity contribution in [2.45, 2.75) is 37.2 Å². The average Bonchev–Trinajstić information content (AvgIpc) is 3.75. The van der Waals surface area contributed by atoms with Crippen LogP contribution in [0.15, 0.2) is 60.7 Å². The summed E-state index contributed by atoms with van der Waals surface area (Å²) in [5, 5.41) is 67.6. The standard InChI is InChI=1S/C39H35N5O11/c1-42-22-12-17(46)7-9-19(22)27-29-30(38(52)44(37(29)51)40-14-16-11-25(54-3)21-5-4-6-24(53-2)31(21)41-16)28-20-10-8-18(47)13-23(20)43(33(28)32(27)42)39-36(50)35(49)34(48)26(15-45)55-39/h4-13,26,34-36,39-40,45-50H,14-15H2,1-3H3. The zero-order chi connectivity index (χ0) is 38.6. The highest BCUT2D eigenvalue weighted by molar-refractivity contribution is 6.39. The lowest BCUT2D eigenvalue weighted by molar-refractivity contribution is -0.249. The van der Waals surface area contributed by atoms with Crippen molar-refractivity contribution in [2.24, 2.45) is 7.05 Å². The molecule has 5 unspecified atom stereocenters. The van der Waals surface area contributed by atoms with Gasteiger partial charge >= 0.3 is 0 Å². The van der Waals surface area contributed by atoms with Gasteiger partial charge < -0.3 is 54.0 Å². The number of hydrogen-bond acceptors (Lipinski definition) is 13. The van der Waals surface area contributed by atoms with Crippen molar-refractivity contribution >= 4 is 66.3 Å². The molecular formula is C39H35N5O11. The quantitative estimate of drug-likeness (QED) is 0.117. The Labute approximate surface area is 310 Å². The molecule has 1 fully saturated rings. The van der Waals surface area contributed by atoms with Crippen LogP contribution in [0.1, 0.15) is 32.6 Å². The van der Waals surface area contributed by atoms with Crippen LogP contribution in [-0.2, 0) is 18.3 Å². The Kier molecular flexibility index (Phi) is 7.91. The zero-order valence-electron chi connectivity index (χ0n) is 29.6. The van der Waals surface area contributed by atoms with E-state index in [-0.39, 0.29) is 45.6 Å². The van der Waals surface area contributed by atoms with Crippen molar-refractivity contribution in [3.63, 3.8) is 0 Å². The van der Waals surface area contributed by atoms with E-state index < -0.39 is 49.1 Å². The summed E-state index contributed by atoms with van der Waals surface area (Å²) < 4.78 is 20.5. The number of ether oxygens (including phenoxy) is 3. The number of rotatable bonds is 7. The number of hydrazine groups is 1. The molecule has 0 saturated carbocycles. The maximum absolute atomic E-state index is 14.8. The van der Waals surface area contributed by atoms with Crippen LogP contribution in [0.25, 0.3) is 54.5 Å². The van der Waals surface area contributed by atoms with Gasteiger partial charge in [-0.3, -0.25) is 9.59 Å². The van der Waals surface area contributed by atoms with Crippen LogP contribution in [0.4, 0.5) is 0 Å². The number of methoxy groups -OCH3 is 2. The number of aliphatic hydroxyl groups excluding tert-OH is 4. The van der Waals surface area contributed by atoms with E-state index >= 15 is 0 Å². The molecule has 7 aromatic rings. The summed E-state index contributed by atoms with van der Waals surface area (Å²) in [7, 11) is 4.77. The van der Waals surface area contributed by atoms with Gasteiger partial charge in [-0.25, -0.2) is 15.4 Å². The van der Waals surface area contributed by atoms with Crippen LogP contribution < -0.4 is 14.9 Å². The monoisotopic (exact) mass is 749 g/mol. The number of amides is 2. The Morgan fingerprint density at radius 3 is 2.07 bits per heavy atom. The van der Waals surface area contributed by atoms with Gasteiger partial charge in [0.05, 0.1) is 66.3 Å². The number of para-hydroxylation sites is 1. The Balaban J connectivity index is 1.30. The molecule has 7 N–H and O–H groups in total. The molecule has 0 bridgehead atoms. The minimum Gasteiger partial charge on any atom is -0.508 e. The summed E-state index contributed by atoms with van der Waals surface area (Å²) in [6.45, 7) is -0.772. The molecular weight excluding hydrogens is 714 g/mol. The predicted molar refractivity (Wildman–Crippen MR) is 198 cm³/mol. The molecule has 16 heteroatoms. The number of carbonyl (C=O) groups excluding carboxylic acids is 2. The topological polar surface area (TPSA) is 221 Å². The van der Waals surface area contributed by atoms with Gasteiger partial charge in [0.1, 0.15) is 52.9 Å². The molecule has 282 valence electrons. The fourth-order valence-electron chi connectivity index (χ4n) is 8.26. The lowest BCUT2D eigenvalue weighted by atomic mass is 9.96. The van der Waals surface area contributed by atoms with E-state index in [1.165, 1.54) is 43.1 Å². The predicted octanol–water partition coefficient (Wildman–Crippen LogP) is 2.69. The molecule has 0 aliphatic carbocycles. The number of benzene rings is 4. The maximum atomic E-state index is 14.8. The molecule has 3 aromatic heterocycles.